The Bertz CT molecular complexity index is 1500. The number of likely N-dealkylation sites (tertiary alicyclic amines) is 1. The van der Waals surface area contributed by atoms with E-state index < -0.39 is 56.7 Å². The van der Waals surface area contributed by atoms with Gasteiger partial charge in [-0.15, -0.1) is 23.2 Å². The number of Topliss-reactive ketones (excluding diaryl/α,β-unsaturated/α-hetero) is 1. The number of ether oxygens (including phenoxy) is 1. The van der Waals surface area contributed by atoms with Crippen molar-refractivity contribution in [1.82, 2.24) is 4.90 Å². The molecular formula is C29H20Cl2N2O7. The number of hydrogen-bond acceptors (Lipinski definition) is 7. The zero-order valence-corrected chi connectivity index (χ0v) is 22.2. The number of benzene rings is 3. The molecule has 0 aromatic heterocycles. The van der Waals surface area contributed by atoms with Gasteiger partial charge in [0, 0.05) is 24.2 Å². The van der Waals surface area contributed by atoms with Crippen LogP contribution in [0.25, 0.3) is 0 Å². The summed E-state index contributed by atoms with van der Waals surface area (Å²) in [5.41, 5.74) is 2.68. The fraction of sp³-hybridized carbons (Fsp3) is 0.241. The van der Waals surface area contributed by atoms with Gasteiger partial charge in [-0.25, -0.2) is 0 Å². The number of carbonyl (C=O) groups is 4. The standard InChI is InChI=1S/C29H20Cl2N2O7/c30-28-18-5-1-2-6-19(18)29(31,21-8-4-3-7-20(21)28)25-24(28)26(36)32(27(25)37)14-13-23(35)40-15-22(34)16-9-11-17(12-10-16)33(38)39/h1-12,24-25H,13-15H2/t24-,25-,28?,29?/m0/s1. The van der Waals surface area contributed by atoms with E-state index in [1.165, 1.54) is 24.3 Å². The summed E-state index contributed by atoms with van der Waals surface area (Å²) in [5, 5.41) is 10.8. The molecule has 0 N–H and O–H groups in total. The third-order valence-corrected chi connectivity index (χ3v) is 9.27. The Morgan fingerprint density at radius 3 is 1.70 bits per heavy atom. The van der Waals surface area contributed by atoms with Crippen molar-refractivity contribution < 1.29 is 28.8 Å². The Morgan fingerprint density at radius 2 is 1.27 bits per heavy atom. The number of nitro groups is 1. The number of rotatable bonds is 7. The minimum absolute atomic E-state index is 0.141. The number of esters is 1. The summed E-state index contributed by atoms with van der Waals surface area (Å²) in [4.78, 5) is 60.9. The zero-order valence-electron chi connectivity index (χ0n) is 20.7. The molecule has 7 rings (SSSR count). The SMILES string of the molecule is O=C(CCN1C(=O)[C@@H]2[C@@H](C1=O)C1(Cl)c3ccccc3C2(Cl)c2ccccc21)OCC(=O)c1ccc([N+](=O)[O-])cc1. The maximum Gasteiger partial charge on any atom is 0.308 e. The number of nitrogens with zero attached hydrogens (tertiary/aromatic N) is 2. The average molecular weight is 579 g/mol. The average Bonchev–Trinajstić information content (AvgIpc) is 3.23. The number of carbonyl (C=O) groups excluding carboxylic acids is 4. The van der Waals surface area contributed by atoms with E-state index in [9.17, 15) is 29.3 Å². The molecule has 1 fully saturated rings. The molecule has 0 radical (unpaired) electrons. The summed E-state index contributed by atoms with van der Waals surface area (Å²) in [6, 6.07) is 19.4. The first-order chi connectivity index (χ1) is 19.1. The smallest absolute Gasteiger partial charge is 0.308 e. The van der Waals surface area contributed by atoms with Gasteiger partial charge in [0.1, 0.15) is 9.75 Å². The first-order valence-electron chi connectivity index (χ1n) is 12.5. The van der Waals surface area contributed by atoms with Crippen LogP contribution in [-0.4, -0.2) is 46.5 Å². The van der Waals surface area contributed by atoms with E-state index in [2.05, 4.69) is 0 Å². The lowest BCUT2D eigenvalue weighted by Gasteiger charge is -2.54. The fourth-order valence-electron chi connectivity index (χ4n) is 6.22. The third kappa shape index (κ3) is 3.54. The highest BCUT2D eigenvalue weighted by atomic mass is 35.5. The van der Waals surface area contributed by atoms with E-state index in [-0.39, 0.29) is 24.2 Å². The zero-order chi connectivity index (χ0) is 28.4. The molecule has 3 aromatic rings. The lowest BCUT2D eigenvalue weighted by molar-refractivity contribution is -0.384. The molecule has 0 saturated carbocycles. The van der Waals surface area contributed by atoms with Gasteiger partial charge in [-0.05, 0) is 34.4 Å². The summed E-state index contributed by atoms with van der Waals surface area (Å²) < 4.78 is 5.06. The van der Waals surface area contributed by atoms with E-state index in [0.29, 0.717) is 22.3 Å². The van der Waals surface area contributed by atoms with Gasteiger partial charge in [-0.3, -0.25) is 34.2 Å². The normalized spacial score (nSPS) is 25.7. The van der Waals surface area contributed by atoms with Crippen LogP contribution in [0.2, 0.25) is 0 Å². The molecule has 3 aromatic carbocycles. The van der Waals surface area contributed by atoms with E-state index in [1.807, 2.05) is 48.5 Å². The van der Waals surface area contributed by atoms with Crippen molar-refractivity contribution >= 4 is 52.5 Å². The molecule has 1 heterocycles. The minimum atomic E-state index is -1.31. The van der Waals surface area contributed by atoms with Crippen LogP contribution in [0.1, 0.15) is 39.0 Å². The molecular weight excluding hydrogens is 559 g/mol. The molecule has 202 valence electrons. The van der Waals surface area contributed by atoms with Crippen LogP contribution in [0.3, 0.4) is 0 Å². The van der Waals surface area contributed by atoms with E-state index in [4.69, 9.17) is 27.9 Å². The summed E-state index contributed by atoms with van der Waals surface area (Å²) in [6.07, 6.45) is -0.338. The lowest BCUT2D eigenvalue weighted by Crippen LogP contribution is -2.57. The Balaban J connectivity index is 1.20. The van der Waals surface area contributed by atoms with Crippen LogP contribution < -0.4 is 0 Å². The van der Waals surface area contributed by atoms with Crippen LogP contribution in [0, 0.1) is 22.0 Å². The van der Waals surface area contributed by atoms with Crippen LogP contribution in [0.15, 0.2) is 72.8 Å². The molecule has 40 heavy (non-hydrogen) atoms. The maximum atomic E-state index is 13.8. The van der Waals surface area contributed by atoms with Gasteiger partial charge in [0.15, 0.2) is 12.4 Å². The second kappa shape index (κ2) is 9.25. The molecule has 0 spiro atoms. The maximum absolute atomic E-state index is 13.8. The number of halogens is 2. The molecule has 2 atom stereocenters. The van der Waals surface area contributed by atoms with Crippen LogP contribution in [0.4, 0.5) is 5.69 Å². The van der Waals surface area contributed by atoms with Gasteiger partial charge in [-0.1, -0.05) is 48.5 Å². The lowest BCUT2D eigenvalue weighted by atomic mass is 9.54. The Labute approximate surface area is 237 Å². The summed E-state index contributed by atoms with van der Waals surface area (Å²) >= 11 is 14.7. The highest BCUT2D eigenvalue weighted by Gasteiger charge is 2.72. The van der Waals surface area contributed by atoms with Crippen molar-refractivity contribution in [1.29, 1.82) is 0 Å². The van der Waals surface area contributed by atoms with E-state index >= 15 is 0 Å². The molecule has 4 aliphatic rings. The highest BCUT2D eigenvalue weighted by molar-refractivity contribution is 6.36. The summed E-state index contributed by atoms with van der Waals surface area (Å²) in [5.74, 6) is -4.32. The molecule has 3 aliphatic carbocycles. The molecule has 0 unspecified atom stereocenters. The number of alkyl halides is 2. The monoisotopic (exact) mass is 578 g/mol. The van der Waals surface area contributed by atoms with E-state index in [0.717, 1.165) is 4.90 Å². The van der Waals surface area contributed by atoms with Crippen molar-refractivity contribution in [2.24, 2.45) is 11.8 Å². The van der Waals surface area contributed by atoms with Gasteiger partial charge in [0.25, 0.3) is 5.69 Å². The van der Waals surface area contributed by atoms with Gasteiger partial charge < -0.3 is 4.74 Å². The van der Waals surface area contributed by atoms with Crippen molar-refractivity contribution in [2.45, 2.75) is 16.2 Å². The molecule has 1 saturated heterocycles. The first kappa shape index (κ1) is 26.2. The molecule has 2 bridgehead atoms. The first-order valence-corrected chi connectivity index (χ1v) is 13.2. The quantitative estimate of drug-likeness (QED) is 0.102. The topological polar surface area (TPSA) is 124 Å². The minimum Gasteiger partial charge on any atom is -0.457 e. The predicted molar refractivity (Wildman–Crippen MR) is 143 cm³/mol. The Hall–Kier alpha value is -4.08. The molecule has 1 aliphatic heterocycles. The van der Waals surface area contributed by atoms with Crippen molar-refractivity contribution in [3.05, 3.63) is 111 Å². The number of nitro benzene ring substituents is 1. The van der Waals surface area contributed by atoms with Crippen molar-refractivity contribution in [3.8, 4) is 0 Å². The highest BCUT2D eigenvalue weighted by Crippen LogP contribution is 2.69. The van der Waals surface area contributed by atoms with Gasteiger partial charge in [0.05, 0.1) is 23.2 Å². The molecule has 2 amide bonds. The molecule has 11 heteroatoms. The van der Waals surface area contributed by atoms with Crippen molar-refractivity contribution in [3.63, 3.8) is 0 Å². The fourth-order valence-corrected chi connectivity index (χ4v) is 7.32. The Kier molecular flexibility index (Phi) is 6.05. The number of ketones is 1. The second-order valence-electron chi connectivity index (χ2n) is 9.94. The number of amides is 2. The van der Waals surface area contributed by atoms with Crippen molar-refractivity contribution in [2.75, 3.05) is 13.2 Å². The number of imide groups is 1. The third-order valence-electron chi connectivity index (χ3n) is 7.98. The predicted octanol–water partition coefficient (Wildman–Crippen LogP) is 4.30. The van der Waals surface area contributed by atoms with E-state index in [1.54, 1.807) is 0 Å². The van der Waals surface area contributed by atoms with Crippen LogP contribution in [-0.2, 0) is 28.9 Å². The summed E-state index contributed by atoms with van der Waals surface area (Å²) in [6.45, 7) is -0.855. The number of hydrogen-bond donors (Lipinski definition) is 0. The van der Waals surface area contributed by atoms with Crippen LogP contribution >= 0.6 is 23.2 Å². The van der Waals surface area contributed by atoms with Gasteiger partial charge in [0.2, 0.25) is 11.8 Å². The number of non-ortho nitro benzene ring substituents is 1. The largest absolute Gasteiger partial charge is 0.457 e. The second-order valence-corrected chi connectivity index (χ2v) is 11.1. The van der Waals surface area contributed by atoms with Gasteiger partial charge in [-0.2, -0.15) is 0 Å². The van der Waals surface area contributed by atoms with Crippen LogP contribution in [0.5, 0.6) is 0 Å². The van der Waals surface area contributed by atoms with Gasteiger partial charge >= 0.3 is 5.97 Å². The summed E-state index contributed by atoms with van der Waals surface area (Å²) in [7, 11) is 0. The molecule has 9 nitrogen and oxygen atoms in total. The Morgan fingerprint density at radius 1 is 0.825 bits per heavy atom.